The van der Waals surface area contributed by atoms with Crippen LogP contribution in [0.4, 0.5) is 5.82 Å². The van der Waals surface area contributed by atoms with Gasteiger partial charge in [0.05, 0.1) is 0 Å². The third-order valence-corrected chi connectivity index (χ3v) is 3.44. The molecule has 1 aromatic heterocycles. The number of hydrogen-bond donors (Lipinski definition) is 0. The third kappa shape index (κ3) is 2.01. The molecule has 86 valence electrons. The number of halogens is 1. The van der Waals surface area contributed by atoms with Gasteiger partial charge in [0.25, 0.3) is 0 Å². The van der Waals surface area contributed by atoms with Crippen LogP contribution in [-0.4, -0.2) is 4.98 Å². The number of rotatable bonds is 2. The van der Waals surface area contributed by atoms with Gasteiger partial charge in [-0.1, -0.05) is 30.3 Å². The molecule has 0 saturated carbocycles. The van der Waals surface area contributed by atoms with Crippen molar-refractivity contribution >= 4 is 17.4 Å². The van der Waals surface area contributed by atoms with Crippen LogP contribution < -0.4 is 4.90 Å². The highest BCUT2D eigenvalue weighted by atomic mass is 35.5. The zero-order valence-corrected chi connectivity index (χ0v) is 10.2. The van der Waals surface area contributed by atoms with E-state index in [0.717, 1.165) is 24.5 Å². The van der Waals surface area contributed by atoms with Crippen LogP contribution in [0, 0.1) is 0 Å². The Morgan fingerprint density at radius 2 is 1.76 bits per heavy atom. The lowest BCUT2D eigenvalue weighted by Gasteiger charge is -2.16. The summed E-state index contributed by atoms with van der Waals surface area (Å²) in [7, 11) is 0. The van der Waals surface area contributed by atoms with Gasteiger partial charge in [-0.2, -0.15) is 0 Å². The smallest absolute Gasteiger partial charge is 0.129 e. The van der Waals surface area contributed by atoms with Crippen LogP contribution in [0.1, 0.15) is 16.7 Å². The monoisotopic (exact) mass is 244 g/mol. The molecule has 2 aromatic rings. The molecule has 2 heterocycles. The Morgan fingerprint density at radius 3 is 2.29 bits per heavy atom. The maximum absolute atomic E-state index is 5.76. The van der Waals surface area contributed by atoms with Crippen molar-refractivity contribution in [2.45, 2.75) is 19.0 Å². The third-order valence-electron chi connectivity index (χ3n) is 3.13. The van der Waals surface area contributed by atoms with E-state index in [1.165, 1.54) is 11.1 Å². The summed E-state index contributed by atoms with van der Waals surface area (Å²) in [5, 5.41) is 0. The summed E-state index contributed by atoms with van der Waals surface area (Å²) in [6, 6.07) is 12.6. The number of anilines is 1. The molecular weight excluding hydrogens is 232 g/mol. The molecule has 0 fully saturated rings. The molecular formula is C14H13ClN2. The SMILES string of the molecule is ClCc1ccc(N2Cc3ccccc3C2)nc1. The van der Waals surface area contributed by atoms with Crippen molar-refractivity contribution in [3.63, 3.8) is 0 Å². The summed E-state index contributed by atoms with van der Waals surface area (Å²) >= 11 is 5.76. The van der Waals surface area contributed by atoms with Crippen molar-refractivity contribution in [2.24, 2.45) is 0 Å². The van der Waals surface area contributed by atoms with E-state index in [1.54, 1.807) is 0 Å². The highest BCUT2D eigenvalue weighted by Crippen LogP contribution is 2.26. The molecule has 0 spiro atoms. The number of alkyl halides is 1. The lowest BCUT2D eigenvalue weighted by molar-refractivity contribution is 0.855. The van der Waals surface area contributed by atoms with Crippen molar-refractivity contribution in [3.8, 4) is 0 Å². The van der Waals surface area contributed by atoms with Crippen molar-refractivity contribution in [1.82, 2.24) is 4.98 Å². The second-order valence-electron chi connectivity index (χ2n) is 4.28. The first-order valence-electron chi connectivity index (χ1n) is 5.69. The fourth-order valence-electron chi connectivity index (χ4n) is 2.18. The zero-order valence-electron chi connectivity index (χ0n) is 9.44. The molecule has 0 aliphatic carbocycles. The van der Waals surface area contributed by atoms with Gasteiger partial charge in [-0.05, 0) is 22.8 Å². The number of hydrogen-bond acceptors (Lipinski definition) is 2. The van der Waals surface area contributed by atoms with Gasteiger partial charge in [-0.25, -0.2) is 4.98 Å². The summed E-state index contributed by atoms with van der Waals surface area (Å²) in [5.74, 6) is 1.54. The maximum atomic E-state index is 5.76. The molecule has 0 N–H and O–H groups in total. The Labute approximate surface area is 106 Å². The first-order valence-corrected chi connectivity index (χ1v) is 6.23. The van der Waals surface area contributed by atoms with Crippen LogP contribution in [0.25, 0.3) is 0 Å². The molecule has 0 radical (unpaired) electrons. The van der Waals surface area contributed by atoms with Crippen LogP contribution >= 0.6 is 11.6 Å². The number of benzene rings is 1. The normalized spacial score (nSPS) is 13.8. The second kappa shape index (κ2) is 4.38. The quantitative estimate of drug-likeness (QED) is 0.754. The lowest BCUT2D eigenvalue weighted by Crippen LogP contribution is -2.15. The molecule has 0 bridgehead atoms. The summed E-state index contributed by atoms with van der Waals surface area (Å²) in [6.07, 6.45) is 1.85. The summed E-state index contributed by atoms with van der Waals surface area (Å²) in [6.45, 7) is 1.90. The van der Waals surface area contributed by atoms with Gasteiger partial charge >= 0.3 is 0 Å². The number of pyridine rings is 1. The minimum absolute atomic E-state index is 0.521. The Balaban J connectivity index is 1.83. The molecule has 1 aliphatic rings. The van der Waals surface area contributed by atoms with Crippen LogP contribution in [0.15, 0.2) is 42.6 Å². The highest BCUT2D eigenvalue weighted by molar-refractivity contribution is 6.17. The predicted octanol–water partition coefficient (Wildman–Crippen LogP) is 3.34. The van der Waals surface area contributed by atoms with Gasteiger partial charge in [-0.3, -0.25) is 0 Å². The Kier molecular flexibility index (Phi) is 2.73. The lowest BCUT2D eigenvalue weighted by atomic mass is 10.1. The summed E-state index contributed by atoms with van der Waals surface area (Å²) in [4.78, 5) is 6.74. The predicted molar refractivity (Wildman–Crippen MR) is 70.1 cm³/mol. The molecule has 1 aromatic carbocycles. The second-order valence-corrected chi connectivity index (χ2v) is 4.55. The van der Waals surface area contributed by atoms with Gasteiger partial charge in [0.15, 0.2) is 0 Å². The average molecular weight is 245 g/mol. The molecule has 1 aliphatic heterocycles. The molecule has 0 unspecified atom stereocenters. The van der Waals surface area contributed by atoms with Crippen molar-refractivity contribution in [2.75, 3.05) is 4.90 Å². The molecule has 3 heteroatoms. The van der Waals surface area contributed by atoms with E-state index in [0.29, 0.717) is 5.88 Å². The van der Waals surface area contributed by atoms with E-state index >= 15 is 0 Å². The van der Waals surface area contributed by atoms with Gasteiger partial charge < -0.3 is 4.90 Å². The van der Waals surface area contributed by atoms with E-state index < -0.39 is 0 Å². The maximum Gasteiger partial charge on any atom is 0.129 e. The Bertz CT molecular complexity index is 497. The van der Waals surface area contributed by atoms with Crippen molar-refractivity contribution in [1.29, 1.82) is 0 Å². The molecule has 0 atom stereocenters. The van der Waals surface area contributed by atoms with Crippen molar-refractivity contribution in [3.05, 3.63) is 59.3 Å². The number of fused-ring (bicyclic) bond motifs is 1. The van der Waals surface area contributed by atoms with E-state index in [-0.39, 0.29) is 0 Å². The topological polar surface area (TPSA) is 16.1 Å². The van der Waals surface area contributed by atoms with Crippen LogP contribution in [0.2, 0.25) is 0 Å². The van der Waals surface area contributed by atoms with Gasteiger partial charge in [-0.15, -0.1) is 11.6 Å². The molecule has 2 nitrogen and oxygen atoms in total. The number of nitrogens with zero attached hydrogens (tertiary/aromatic N) is 2. The van der Waals surface area contributed by atoms with Crippen LogP contribution in [0.3, 0.4) is 0 Å². The number of aromatic nitrogens is 1. The first-order chi connectivity index (χ1) is 8.36. The first kappa shape index (κ1) is 10.6. The van der Waals surface area contributed by atoms with E-state index in [2.05, 4.69) is 34.1 Å². The van der Waals surface area contributed by atoms with Gasteiger partial charge in [0.2, 0.25) is 0 Å². The average Bonchev–Trinajstić information content (AvgIpc) is 2.82. The standard InChI is InChI=1S/C14H13ClN2/c15-7-11-5-6-14(16-8-11)17-9-12-3-1-2-4-13(12)10-17/h1-6,8H,7,9-10H2. The molecule has 17 heavy (non-hydrogen) atoms. The van der Waals surface area contributed by atoms with Crippen LogP contribution in [-0.2, 0) is 19.0 Å². The molecule has 0 amide bonds. The summed E-state index contributed by atoms with van der Waals surface area (Å²) < 4.78 is 0. The Morgan fingerprint density at radius 1 is 1.06 bits per heavy atom. The highest BCUT2D eigenvalue weighted by Gasteiger charge is 2.18. The van der Waals surface area contributed by atoms with E-state index in [1.807, 2.05) is 18.3 Å². The summed E-state index contributed by atoms with van der Waals surface area (Å²) in [5.41, 5.74) is 3.86. The van der Waals surface area contributed by atoms with E-state index in [9.17, 15) is 0 Å². The molecule has 3 rings (SSSR count). The van der Waals surface area contributed by atoms with Crippen molar-refractivity contribution < 1.29 is 0 Å². The Hall–Kier alpha value is -1.54. The largest absolute Gasteiger partial charge is 0.348 e. The van der Waals surface area contributed by atoms with Crippen LogP contribution in [0.5, 0.6) is 0 Å². The van der Waals surface area contributed by atoms with Gasteiger partial charge in [0.1, 0.15) is 5.82 Å². The van der Waals surface area contributed by atoms with E-state index in [4.69, 9.17) is 11.6 Å². The zero-order chi connectivity index (χ0) is 11.7. The minimum atomic E-state index is 0.521. The molecule has 0 saturated heterocycles. The fourth-order valence-corrected chi connectivity index (χ4v) is 2.34. The fraction of sp³-hybridized carbons (Fsp3) is 0.214. The van der Waals surface area contributed by atoms with Gasteiger partial charge in [0, 0.05) is 25.2 Å². The minimum Gasteiger partial charge on any atom is -0.348 e.